The highest BCUT2D eigenvalue weighted by Gasteiger charge is 2.16. The zero-order valence-electron chi connectivity index (χ0n) is 8.98. The van der Waals surface area contributed by atoms with Gasteiger partial charge in [0, 0.05) is 6.07 Å². The normalized spacial score (nSPS) is 9.31. The molecule has 0 bridgehead atoms. The predicted octanol–water partition coefficient (Wildman–Crippen LogP) is 1.45. The lowest BCUT2D eigenvalue weighted by molar-refractivity contribution is 0.0522. The lowest BCUT2D eigenvalue weighted by Gasteiger charge is -2.08. The van der Waals surface area contributed by atoms with Crippen molar-refractivity contribution in [1.82, 2.24) is 0 Å². The number of rotatable bonds is 3. The largest absolute Gasteiger partial charge is 0.507 e. The van der Waals surface area contributed by atoms with Gasteiger partial charge in [0.1, 0.15) is 23.1 Å². The average Bonchev–Trinajstić information content (AvgIpc) is 2.28. The average molecular weight is 221 g/mol. The van der Waals surface area contributed by atoms with E-state index >= 15 is 0 Å². The van der Waals surface area contributed by atoms with E-state index < -0.39 is 5.97 Å². The fraction of sp³-hybridized carbons (Fsp3) is 0.273. The molecule has 1 N–H and O–H groups in total. The van der Waals surface area contributed by atoms with Crippen molar-refractivity contribution in [2.45, 2.75) is 6.92 Å². The van der Waals surface area contributed by atoms with E-state index in [-0.39, 0.29) is 29.2 Å². The zero-order valence-corrected chi connectivity index (χ0v) is 8.98. The van der Waals surface area contributed by atoms with Gasteiger partial charge < -0.3 is 14.6 Å². The molecule has 5 heteroatoms. The Morgan fingerprint density at radius 2 is 2.25 bits per heavy atom. The molecule has 1 aromatic carbocycles. The van der Waals surface area contributed by atoms with Crippen LogP contribution in [0.2, 0.25) is 0 Å². The molecule has 0 heterocycles. The molecule has 0 amide bonds. The van der Waals surface area contributed by atoms with Crippen LogP contribution < -0.4 is 4.74 Å². The Bertz CT molecular complexity index is 448. The summed E-state index contributed by atoms with van der Waals surface area (Å²) in [7, 11) is 1.38. The van der Waals surface area contributed by atoms with Crippen molar-refractivity contribution in [3.63, 3.8) is 0 Å². The first-order valence-corrected chi connectivity index (χ1v) is 4.62. The van der Waals surface area contributed by atoms with Crippen LogP contribution in [0.15, 0.2) is 12.1 Å². The quantitative estimate of drug-likeness (QED) is 0.781. The van der Waals surface area contributed by atoms with Crippen LogP contribution in [0.3, 0.4) is 0 Å². The molecule has 0 radical (unpaired) electrons. The van der Waals surface area contributed by atoms with Crippen LogP contribution in [0.5, 0.6) is 11.5 Å². The number of nitriles is 1. The first-order chi connectivity index (χ1) is 7.63. The highest BCUT2D eigenvalue weighted by atomic mass is 16.5. The van der Waals surface area contributed by atoms with Gasteiger partial charge in [-0.2, -0.15) is 5.26 Å². The van der Waals surface area contributed by atoms with Crippen LogP contribution in [0.25, 0.3) is 0 Å². The maximum absolute atomic E-state index is 11.4. The Morgan fingerprint density at radius 3 is 2.75 bits per heavy atom. The van der Waals surface area contributed by atoms with Crippen LogP contribution in [0.4, 0.5) is 0 Å². The van der Waals surface area contributed by atoms with Gasteiger partial charge in [-0.3, -0.25) is 0 Å². The molecule has 0 fully saturated rings. The van der Waals surface area contributed by atoms with E-state index in [4.69, 9.17) is 14.7 Å². The first kappa shape index (κ1) is 11.9. The number of phenolic OH excluding ortho intramolecular Hbond substituents is 1. The third-order valence-corrected chi connectivity index (χ3v) is 1.93. The van der Waals surface area contributed by atoms with Gasteiger partial charge in [-0.15, -0.1) is 0 Å². The van der Waals surface area contributed by atoms with E-state index in [0.29, 0.717) is 0 Å². The summed E-state index contributed by atoms with van der Waals surface area (Å²) in [4.78, 5) is 11.4. The first-order valence-electron chi connectivity index (χ1n) is 4.62. The number of phenols is 1. The molecule has 0 aliphatic carbocycles. The predicted molar refractivity (Wildman–Crippen MR) is 55.3 cm³/mol. The highest BCUT2D eigenvalue weighted by Crippen LogP contribution is 2.27. The van der Waals surface area contributed by atoms with E-state index in [2.05, 4.69) is 0 Å². The molecule has 1 aromatic rings. The molecule has 0 aliphatic rings. The maximum atomic E-state index is 11.4. The van der Waals surface area contributed by atoms with Gasteiger partial charge in [0.2, 0.25) is 0 Å². The molecule has 0 unspecified atom stereocenters. The standard InChI is InChI=1S/C11H11NO4/c1-3-16-11(14)8-5-10(15-2)7(6-12)4-9(8)13/h4-5,13H,3H2,1-2H3. The molecule has 84 valence electrons. The van der Waals surface area contributed by atoms with E-state index in [9.17, 15) is 9.90 Å². The summed E-state index contributed by atoms with van der Waals surface area (Å²) in [6.07, 6.45) is 0. The van der Waals surface area contributed by atoms with Crippen LogP contribution >= 0.6 is 0 Å². The van der Waals surface area contributed by atoms with Crippen LogP contribution in [-0.2, 0) is 4.74 Å². The SMILES string of the molecule is CCOC(=O)c1cc(OC)c(C#N)cc1O. The topological polar surface area (TPSA) is 79.5 Å². The Labute approximate surface area is 92.8 Å². The Morgan fingerprint density at radius 1 is 1.56 bits per heavy atom. The number of carbonyl (C=O) groups excluding carboxylic acids is 1. The third-order valence-electron chi connectivity index (χ3n) is 1.93. The number of nitrogens with zero attached hydrogens (tertiary/aromatic N) is 1. The van der Waals surface area contributed by atoms with Crippen molar-refractivity contribution in [3.8, 4) is 17.6 Å². The summed E-state index contributed by atoms with van der Waals surface area (Å²) < 4.78 is 9.66. The van der Waals surface area contributed by atoms with Crippen molar-refractivity contribution >= 4 is 5.97 Å². The van der Waals surface area contributed by atoms with Crippen LogP contribution in [0, 0.1) is 11.3 Å². The van der Waals surface area contributed by atoms with Gasteiger partial charge in [0.15, 0.2) is 0 Å². The summed E-state index contributed by atoms with van der Waals surface area (Å²) in [5, 5.41) is 18.3. The monoisotopic (exact) mass is 221 g/mol. The summed E-state index contributed by atoms with van der Waals surface area (Å²) in [6.45, 7) is 1.87. The van der Waals surface area contributed by atoms with Crippen LogP contribution in [-0.4, -0.2) is 24.8 Å². The summed E-state index contributed by atoms with van der Waals surface area (Å²) in [5.41, 5.74) is 0.144. The van der Waals surface area contributed by atoms with E-state index in [1.807, 2.05) is 6.07 Å². The molecule has 0 saturated heterocycles. The third kappa shape index (κ3) is 2.23. The molecule has 16 heavy (non-hydrogen) atoms. The van der Waals surface area contributed by atoms with Gasteiger partial charge in [-0.05, 0) is 13.0 Å². The lowest BCUT2D eigenvalue weighted by atomic mass is 10.1. The summed E-state index contributed by atoms with van der Waals surface area (Å²) in [5.74, 6) is -0.720. The van der Waals surface area contributed by atoms with Crippen molar-refractivity contribution < 1.29 is 19.4 Å². The molecule has 0 saturated carbocycles. The zero-order chi connectivity index (χ0) is 12.1. The van der Waals surface area contributed by atoms with E-state index in [0.717, 1.165) is 0 Å². The molecule has 5 nitrogen and oxygen atoms in total. The number of esters is 1. The minimum Gasteiger partial charge on any atom is -0.507 e. The molecule has 0 aromatic heterocycles. The van der Waals surface area contributed by atoms with Gasteiger partial charge in [-0.1, -0.05) is 0 Å². The second kappa shape index (κ2) is 5.03. The second-order valence-electron chi connectivity index (χ2n) is 2.90. The second-order valence-corrected chi connectivity index (χ2v) is 2.90. The molecule has 0 spiro atoms. The number of aromatic hydroxyl groups is 1. The number of hydrogen-bond donors (Lipinski definition) is 1. The van der Waals surface area contributed by atoms with Crippen molar-refractivity contribution in [2.24, 2.45) is 0 Å². The fourth-order valence-electron chi connectivity index (χ4n) is 1.20. The van der Waals surface area contributed by atoms with E-state index in [1.165, 1.54) is 19.2 Å². The Kier molecular flexibility index (Phi) is 3.72. The number of ether oxygens (including phenoxy) is 2. The van der Waals surface area contributed by atoms with Gasteiger partial charge in [-0.25, -0.2) is 4.79 Å². The van der Waals surface area contributed by atoms with Crippen molar-refractivity contribution in [2.75, 3.05) is 13.7 Å². The van der Waals surface area contributed by atoms with Crippen molar-refractivity contribution in [3.05, 3.63) is 23.3 Å². The molecule has 1 rings (SSSR count). The smallest absolute Gasteiger partial charge is 0.342 e. The maximum Gasteiger partial charge on any atom is 0.342 e. The van der Waals surface area contributed by atoms with Crippen molar-refractivity contribution in [1.29, 1.82) is 5.26 Å². The highest BCUT2D eigenvalue weighted by molar-refractivity contribution is 5.93. The van der Waals surface area contributed by atoms with E-state index in [1.54, 1.807) is 6.92 Å². The Balaban J connectivity index is 3.22. The summed E-state index contributed by atoms with van der Waals surface area (Å²) >= 11 is 0. The molecular weight excluding hydrogens is 210 g/mol. The summed E-state index contributed by atoms with van der Waals surface area (Å²) in [6, 6.07) is 4.30. The van der Waals surface area contributed by atoms with Gasteiger partial charge >= 0.3 is 5.97 Å². The number of carbonyl (C=O) groups is 1. The minimum atomic E-state index is -0.650. The minimum absolute atomic E-state index is 0.0160. The fourth-order valence-corrected chi connectivity index (χ4v) is 1.20. The van der Waals surface area contributed by atoms with Crippen LogP contribution in [0.1, 0.15) is 22.8 Å². The number of hydrogen-bond acceptors (Lipinski definition) is 5. The van der Waals surface area contributed by atoms with Gasteiger partial charge in [0.05, 0.1) is 19.3 Å². The number of methoxy groups -OCH3 is 1. The van der Waals surface area contributed by atoms with Gasteiger partial charge in [0.25, 0.3) is 0 Å². The molecule has 0 aliphatic heterocycles. The number of benzene rings is 1. The molecular formula is C11H11NO4. The Hall–Kier alpha value is -2.22. The molecule has 0 atom stereocenters. The lowest BCUT2D eigenvalue weighted by Crippen LogP contribution is -2.05.